The van der Waals surface area contributed by atoms with E-state index in [4.69, 9.17) is 9.47 Å². The van der Waals surface area contributed by atoms with Crippen LogP contribution in [0, 0.1) is 0 Å². The van der Waals surface area contributed by atoms with Crippen molar-refractivity contribution in [3.05, 3.63) is 66.7 Å². The van der Waals surface area contributed by atoms with E-state index in [1.54, 1.807) is 14.2 Å². The number of hydrogen-bond donors (Lipinski definition) is 0. The van der Waals surface area contributed by atoms with Crippen LogP contribution in [0.15, 0.2) is 66.7 Å². The molecule has 0 amide bonds. The van der Waals surface area contributed by atoms with E-state index in [2.05, 4.69) is 39.6 Å². The first-order valence-corrected chi connectivity index (χ1v) is 7.99. The summed E-state index contributed by atoms with van der Waals surface area (Å²) >= 11 is 0. The van der Waals surface area contributed by atoms with Crippen LogP contribution >= 0.6 is 9.24 Å². The van der Waals surface area contributed by atoms with Gasteiger partial charge in [-0.3, -0.25) is 0 Å². The van der Waals surface area contributed by atoms with Crippen molar-refractivity contribution in [3.63, 3.8) is 0 Å². The van der Waals surface area contributed by atoms with E-state index in [1.807, 2.05) is 36.4 Å². The average Bonchev–Trinajstić information content (AvgIpc) is 2.61. The molecule has 1 unspecified atom stereocenters. The quantitative estimate of drug-likeness (QED) is 0.657. The van der Waals surface area contributed by atoms with Crippen molar-refractivity contribution in [2.24, 2.45) is 0 Å². The van der Waals surface area contributed by atoms with Crippen molar-refractivity contribution in [2.45, 2.75) is 0 Å². The lowest BCUT2D eigenvalue weighted by molar-refractivity contribution is 0.416. The number of methoxy groups -OCH3 is 2. The summed E-state index contributed by atoms with van der Waals surface area (Å²) < 4.78 is 11.1. The van der Waals surface area contributed by atoms with Crippen LogP contribution < -0.4 is 14.8 Å². The molecule has 23 heavy (non-hydrogen) atoms. The van der Waals surface area contributed by atoms with Crippen LogP contribution in [0.25, 0.3) is 22.3 Å². The van der Waals surface area contributed by atoms with Gasteiger partial charge in [0.05, 0.1) is 14.2 Å². The summed E-state index contributed by atoms with van der Waals surface area (Å²) in [7, 11) is 6.22. The van der Waals surface area contributed by atoms with Crippen molar-refractivity contribution in [3.8, 4) is 33.8 Å². The summed E-state index contributed by atoms with van der Waals surface area (Å²) in [4.78, 5) is 0. The van der Waals surface area contributed by atoms with Gasteiger partial charge in [0.25, 0.3) is 0 Å². The Bertz CT molecular complexity index is 827. The highest BCUT2D eigenvalue weighted by molar-refractivity contribution is 7.28. The Hall–Kier alpha value is -2.31. The van der Waals surface area contributed by atoms with Gasteiger partial charge < -0.3 is 9.47 Å². The number of hydrogen-bond acceptors (Lipinski definition) is 2. The highest BCUT2D eigenvalue weighted by atomic mass is 31.0. The highest BCUT2D eigenvalue weighted by Gasteiger charge is 2.16. The standard InChI is InChI=1S/C20H19O2P/c1-21-17-11-5-3-8-14(17)15-10-7-13-19(23)20(15)16-9-4-6-12-18(16)22-2/h3-13H,23H2,1-2H3. The Morgan fingerprint density at radius 2 is 1.13 bits per heavy atom. The number of rotatable bonds is 4. The molecule has 0 aliphatic carbocycles. The van der Waals surface area contributed by atoms with E-state index < -0.39 is 0 Å². The topological polar surface area (TPSA) is 18.5 Å². The SMILES string of the molecule is COc1ccccc1-c1cccc(P)c1-c1ccccc1OC. The van der Waals surface area contributed by atoms with Crippen LogP contribution in [0.2, 0.25) is 0 Å². The molecule has 3 aromatic carbocycles. The lowest BCUT2D eigenvalue weighted by atomic mass is 9.93. The molecular weight excluding hydrogens is 303 g/mol. The van der Waals surface area contributed by atoms with Gasteiger partial charge in [-0.1, -0.05) is 54.6 Å². The smallest absolute Gasteiger partial charge is 0.126 e. The molecule has 2 nitrogen and oxygen atoms in total. The van der Waals surface area contributed by atoms with E-state index >= 15 is 0 Å². The first-order valence-electron chi connectivity index (χ1n) is 7.41. The molecule has 0 saturated heterocycles. The molecule has 0 saturated carbocycles. The molecule has 3 rings (SSSR count). The number of para-hydroxylation sites is 2. The monoisotopic (exact) mass is 322 g/mol. The molecule has 0 aliphatic heterocycles. The predicted molar refractivity (Wildman–Crippen MR) is 99.8 cm³/mol. The number of benzene rings is 3. The van der Waals surface area contributed by atoms with Gasteiger partial charge >= 0.3 is 0 Å². The van der Waals surface area contributed by atoms with Gasteiger partial charge in [-0.25, -0.2) is 0 Å². The van der Waals surface area contributed by atoms with Crippen molar-refractivity contribution in [1.82, 2.24) is 0 Å². The van der Waals surface area contributed by atoms with Gasteiger partial charge in [0.2, 0.25) is 0 Å². The Balaban J connectivity index is 2.30. The van der Waals surface area contributed by atoms with Crippen LogP contribution in [0.1, 0.15) is 0 Å². The van der Waals surface area contributed by atoms with Crippen LogP contribution in [-0.2, 0) is 0 Å². The minimum atomic E-state index is 0.860. The molecule has 0 radical (unpaired) electrons. The molecule has 0 spiro atoms. The normalized spacial score (nSPS) is 10.4. The third kappa shape index (κ3) is 2.95. The maximum Gasteiger partial charge on any atom is 0.126 e. The van der Waals surface area contributed by atoms with E-state index in [9.17, 15) is 0 Å². The maximum atomic E-state index is 5.56. The fraction of sp³-hybridized carbons (Fsp3) is 0.100. The molecule has 0 aromatic heterocycles. The second-order valence-electron chi connectivity index (χ2n) is 5.17. The van der Waals surface area contributed by atoms with E-state index in [0.29, 0.717) is 0 Å². The van der Waals surface area contributed by atoms with Gasteiger partial charge in [0, 0.05) is 16.7 Å². The van der Waals surface area contributed by atoms with Gasteiger partial charge in [-0.05, 0) is 23.0 Å². The third-order valence-electron chi connectivity index (χ3n) is 3.87. The molecule has 0 fully saturated rings. The van der Waals surface area contributed by atoms with Crippen molar-refractivity contribution >= 4 is 14.5 Å². The van der Waals surface area contributed by atoms with Crippen molar-refractivity contribution in [2.75, 3.05) is 14.2 Å². The van der Waals surface area contributed by atoms with Crippen LogP contribution in [0.5, 0.6) is 11.5 Å². The molecule has 116 valence electrons. The average molecular weight is 322 g/mol. The largest absolute Gasteiger partial charge is 0.496 e. The molecule has 0 N–H and O–H groups in total. The van der Waals surface area contributed by atoms with Crippen molar-refractivity contribution < 1.29 is 9.47 Å². The summed E-state index contributed by atoms with van der Waals surface area (Å²) in [5.41, 5.74) is 4.40. The molecule has 0 heterocycles. The predicted octanol–water partition coefficient (Wildman–Crippen LogP) is 4.54. The van der Waals surface area contributed by atoms with Crippen LogP contribution in [0.3, 0.4) is 0 Å². The van der Waals surface area contributed by atoms with Crippen molar-refractivity contribution in [1.29, 1.82) is 0 Å². The zero-order chi connectivity index (χ0) is 16.2. The Morgan fingerprint density at radius 3 is 1.78 bits per heavy atom. The molecule has 3 heteroatoms. The summed E-state index contributed by atoms with van der Waals surface area (Å²) in [5.74, 6) is 1.72. The maximum absolute atomic E-state index is 5.56. The lowest BCUT2D eigenvalue weighted by Gasteiger charge is -2.17. The van der Waals surface area contributed by atoms with Gasteiger partial charge in [0.15, 0.2) is 0 Å². The summed E-state index contributed by atoms with van der Waals surface area (Å²) in [6.07, 6.45) is 0. The Kier molecular flexibility index (Phi) is 4.64. The minimum absolute atomic E-state index is 0.860. The van der Waals surface area contributed by atoms with Crippen LogP contribution in [0.4, 0.5) is 0 Å². The Morgan fingerprint density at radius 1 is 0.609 bits per heavy atom. The third-order valence-corrected chi connectivity index (χ3v) is 4.35. The van der Waals surface area contributed by atoms with Gasteiger partial charge in [-0.2, -0.15) is 0 Å². The molecular formula is C20H19O2P. The van der Waals surface area contributed by atoms with E-state index in [-0.39, 0.29) is 0 Å². The zero-order valence-corrected chi connectivity index (χ0v) is 14.4. The van der Waals surface area contributed by atoms with E-state index in [1.165, 1.54) is 0 Å². The summed E-state index contributed by atoms with van der Waals surface area (Å²) in [6, 6.07) is 22.4. The second-order valence-corrected chi connectivity index (χ2v) is 5.79. The number of ether oxygens (including phenoxy) is 2. The first kappa shape index (κ1) is 15.6. The second kappa shape index (κ2) is 6.85. The van der Waals surface area contributed by atoms with Gasteiger partial charge in [0.1, 0.15) is 11.5 Å². The summed E-state index contributed by atoms with van der Waals surface area (Å²) in [6.45, 7) is 0. The van der Waals surface area contributed by atoms with Gasteiger partial charge in [-0.15, -0.1) is 9.24 Å². The fourth-order valence-electron chi connectivity index (χ4n) is 2.81. The Labute approximate surface area is 139 Å². The zero-order valence-electron chi connectivity index (χ0n) is 13.2. The lowest BCUT2D eigenvalue weighted by Crippen LogP contribution is -2.02. The fourth-order valence-corrected chi connectivity index (χ4v) is 3.24. The summed E-state index contributed by atoms with van der Waals surface area (Å²) in [5, 5.41) is 1.12. The molecule has 3 aromatic rings. The highest BCUT2D eigenvalue weighted by Crippen LogP contribution is 2.39. The van der Waals surface area contributed by atoms with Crippen LogP contribution in [-0.4, -0.2) is 14.2 Å². The molecule has 0 aliphatic rings. The van der Waals surface area contributed by atoms with E-state index in [0.717, 1.165) is 39.1 Å². The molecule has 1 atom stereocenters. The minimum Gasteiger partial charge on any atom is -0.496 e. The molecule has 0 bridgehead atoms. The first-order chi connectivity index (χ1) is 11.3.